The molecule has 0 aromatic carbocycles. The Morgan fingerprint density at radius 1 is 1.50 bits per heavy atom. The molecule has 1 aliphatic rings. The molecule has 1 fully saturated rings. The summed E-state index contributed by atoms with van der Waals surface area (Å²) < 4.78 is 5.07. The van der Waals surface area contributed by atoms with Gasteiger partial charge in [0.05, 0.1) is 6.10 Å². The second-order valence-corrected chi connectivity index (χ2v) is 3.47. The van der Waals surface area contributed by atoms with Crippen LogP contribution in [-0.4, -0.2) is 48.2 Å². The van der Waals surface area contributed by atoms with Crippen molar-refractivity contribution in [3.63, 3.8) is 0 Å². The van der Waals surface area contributed by atoms with E-state index in [1.165, 1.54) is 14.0 Å². The molecule has 0 spiro atoms. The van der Waals surface area contributed by atoms with Crippen molar-refractivity contribution in [2.75, 3.05) is 20.2 Å². The van der Waals surface area contributed by atoms with Crippen molar-refractivity contribution >= 4 is 11.9 Å². The van der Waals surface area contributed by atoms with Gasteiger partial charge in [-0.2, -0.15) is 0 Å². The third-order valence-electron chi connectivity index (χ3n) is 2.61. The largest absolute Gasteiger partial charge is 0.481 e. The number of rotatable bonds is 2. The standard InChI is InChI=1S/C9H15NO4/c1-6(11)10-4-3-8(14-2)7(5-10)9(12)13/h7-8H,3-5H2,1-2H3,(H,12,13). The summed E-state index contributed by atoms with van der Waals surface area (Å²) in [6, 6.07) is 0. The molecule has 5 nitrogen and oxygen atoms in total. The molecule has 5 heteroatoms. The van der Waals surface area contributed by atoms with Crippen LogP contribution < -0.4 is 0 Å². The van der Waals surface area contributed by atoms with Crippen molar-refractivity contribution in [2.45, 2.75) is 19.4 Å². The summed E-state index contributed by atoms with van der Waals surface area (Å²) in [6.45, 7) is 2.28. The van der Waals surface area contributed by atoms with Gasteiger partial charge in [0.1, 0.15) is 5.92 Å². The quantitative estimate of drug-likeness (QED) is 0.680. The molecule has 0 aromatic heterocycles. The van der Waals surface area contributed by atoms with Gasteiger partial charge in [-0.3, -0.25) is 9.59 Å². The Balaban J connectivity index is 2.66. The molecule has 1 amide bonds. The Morgan fingerprint density at radius 3 is 2.57 bits per heavy atom. The van der Waals surface area contributed by atoms with Gasteiger partial charge in [-0.25, -0.2) is 0 Å². The van der Waals surface area contributed by atoms with Gasteiger partial charge in [0.25, 0.3) is 0 Å². The number of piperidine rings is 1. The van der Waals surface area contributed by atoms with Crippen LogP contribution >= 0.6 is 0 Å². The SMILES string of the molecule is COC1CCN(C(C)=O)CC1C(=O)O. The lowest BCUT2D eigenvalue weighted by Gasteiger charge is -2.35. The molecule has 80 valence electrons. The average molecular weight is 201 g/mol. The zero-order chi connectivity index (χ0) is 10.7. The second-order valence-electron chi connectivity index (χ2n) is 3.47. The van der Waals surface area contributed by atoms with Crippen molar-refractivity contribution in [1.29, 1.82) is 0 Å². The Hall–Kier alpha value is -1.10. The molecule has 2 atom stereocenters. The third-order valence-corrected chi connectivity index (χ3v) is 2.61. The summed E-state index contributed by atoms with van der Waals surface area (Å²) in [6.07, 6.45) is 0.315. The summed E-state index contributed by atoms with van der Waals surface area (Å²) in [5, 5.41) is 8.92. The van der Waals surface area contributed by atoms with E-state index >= 15 is 0 Å². The molecule has 2 unspecified atom stereocenters. The fraction of sp³-hybridized carbons (Fsp3) is 0.778. The van der Waals surface area contributed by atoms with E-state index in [1.54, 1.807) is 4.90 Å². The molecular formula is C9H15NO4. The molecule has 0 aromatic rings. The van der Waals surface area contributed by atoms with E-state index in [9.17, 15) is 9.59 Å². The van der Waals surface area contributed by atoms with E-state index in [0.29, 0.717) is 13.0 Å². The number of hydrogen-bond donors (Lipinski definition) is 1. The highest BCUT2D eigenvalue weighted by molar-refractivity contribution is 5.76. The summed E-state index contributed by atoms with van der Waals surface area (Å²) in [5.41, 5.74) is 0. The van der Waals surface area contributed by atoms with E-state index in [1.807, 2.05) is 0 Å². The Kier molecular flexibility index (Phi) is 3.46. The highest BCUT2D eigenvalue weighted by Crippen LogP contribution is 2.19. The van der Waals surface area contributed by atoms with E-state index in [0.717, 1.165) is 0 Å². The van der Waals surface area contributed by atoms with Gasteiger partial charge in [0.15, 0.2) is 0 Å². The minimum Gasteiger partial charge on any atom is -0.481 e. The summed E-state index contributed by atoms with van der Waals surface area (Å²) in [4.78, 5) is 23.5. The van der Waals surface area contributed by atoms with E-state index in [2.05, 4.69) is 0 Å². The molecule has 1 N–H and O–H groups in total. The first-order valence-electron chi connectivity index (χ1n) is 4.57. The summed E-state index contributed by atoms with van der Waals surface area (Å²) in [7, 11) is 1.50. The molecule has 1 rings (SSSR count). The molecular weight excluding hydrogens is 186 g/mol. The predicted octanol–water partition coefficient (Wildman–Crippen LogP) is -0.0456. The first-order valence-corrected chi connectivity index (χ1v) is 4.57. The zero-order valence-electron chi connectivity index (χ0n) is 8.40. The van der Waals surface area contributed by atoms with Gasteiger partial charge in [-0.15, -0.1) is 0 Å². The average Bonchev–Trinajstić information content (AvgIpc) is 2.16. The van der Waals surface area contributed by atoms with Crippen molar-refractivity contribution in [3.05, 3.63) is 0 Å². The highest BCUT2D eigenvalue weighted by atomic mass is 16.5. The lowest BCUT2D eigenvalue weighted by Crippen LogP contribution is -2.48. The molecule has 0 saturated carbocycles. The van der Waals surface area contributed by atoms with Crippen LogP contribution in [0.2, 0.25) is 0 Å². The van der Waals surface area contributed by atoms with E-state index in [-0.39, 0.29) is 18.6 Å². The first kappa shape index (κ1) is 11.0. The number of nitrogens with zero attached hydrogens (tertiary/aromatic N) is 1. The lowest BCUT2D eigenvalue weighted by molar-refractivity contribution is -0.152. The highest BCUT2D eigenvalue weighted by Gasteiger charge is 2.35. The van der Waals surface area contributed by atoms with E-state index in [4.69, 9.17) is 9.84 Å². The Labute approximate surface area is 82.6 Å². The van der Waals surface area contributed by atoms with Crippen LogP contribution in [0.5, 0.6) is 0 Å². The number of hydrogen-bond acceptors (Lipinski definition) is 3. The number of methoxy groups -OCH3 is 1. The maximum Gasteiger partial charge on any atom is 0.310 e. The van der Waals surface area contributed by atoms with Gasteiger partial charge in [0, 0.05) is 27.1 Å². The number of ether oxygens (including phenoxy) is 1. The van der Waals surface area contributed by atoms with Gasteiger partial charge >= 0.3 is 5.97 Å². The fourth-order valence-electron chi connectivity index (χ4n) is 1.74. The maximum atomic E-state index is 11.1. The van der Waals surface area contributed by atoms with Gasteiger partial charge in [0.2, 0.25) is 5.91 Å². The molecule has 1 heterocycles. The molecule has 0 aliphatic carbocycles. The van der Waals surface area contributed by atoms with Gasteiger partial charge in [-0.05, 0) is 6.42 Å². The van der Waals surface area contributed by atoms with Gasteiger partial charge in [-0.1, -0.05) is 0 Å². The minimum absolute atomic E-state index is 0.0780. The van der Waals surface area contributed by atoms with E-state index < -0.39 is 11.9 Å². The summed E-state index contributed by atoms with van der Waals surface area (Å²) in [5.74, 6) is -1.58. The first-order chi connectivity index (χ1) is 6.56. The van der Waals surface area contributed by atoms with Crippen molar-refractivity contribution in [3.8, 4) is 0 Å². The zero-order valence-corrected chi connectivity index (χ0v) is 8.40. The molecule has 0 bridgehead atoms. The van der Waals surface area contributed by atoms with Crippen molar-refractivity contribution < 1.29 is 19.4 Å². The van der Waals surface area contributed by atoms with Crippen molar-refractivity contribution in [1.82, 2.24) is 4.90 Å². The number of aliphatic carboxylic acids is 1. The molecule has 14 heavy (non-hydrogen) atoms. The van der Waals surface area contributed by atoms with Crippen LogP contribution in [0.15, 0.2) is 0 Å². The smallest absolute Gasteiger partial charge is 0.310 e. The van der Waals surface area contributed by atoms with Gasteiger partial charge < -0.3 is 14.7 Å². The molecule has 1 aliphatic heterocycles. The number of amides is 1. The Bertz CT molecular complexity index is 241. The monoisotopic (exact) mass is 201 g/mol. The second kappa shape index (κ2) is 4.41. The van der Waals surface area contributed by atoms with Crippen molar-refractivity contribution in [2.24, 2.45) is 5.92 Å². The van der Waals surface area contributed by atoms with Crippen LogP contribution in [0.1, 0.15) is 13.3 Å². The number of carbonyl (C=O) groups is 2. The number of carboxylic acid groups (broad SMARTS) is 1. The maximum absolute atomic E-state index is 11.1. The summed E-state index contributed by atoms with van der Waals surface area (Å²) >= 11 is 0. The van der Waals surface area contributed by atoms with Crippen LogP contribution in [0.4, 0.5) is 0 Å². The normalized spacial score (nSPS) is 27.4. The van der Waals surface area contributed by atoms with Crippen LogP contribution in [-0.2, 0) is 14.3 Å². The molecule has 0 radical (unpaired) electrons. The number of carboxylic acids is 1. The topological polar surface area (TPSA) is 66.8 Å². The molecule has 1 saturated heterocycles. The predicted molar refractivity (Wildman–Crippen MR) is 48.8 cm³/mol. The third kappa shape index (κ3) is 2.23. The lowest BCUT2D eigenvalue weighted by atomic mass is 9.94. The minimum atomic E-state index is -0.900. The Morgan fingerprint density at radius 2 is 2.14 bits per heavy atom. The fourth-order valence-corrected chi connectivity index (χ4v) is 1.74. The van der Waals surface area contributed by atoms with Crippen LogP contribution in [0, 0.1) is 5.92 Å². The van der Waals surface area contributed by atoms with Crippen LogP contribution in [0.3, 0.4) is 0 Å². The number of likely N-dealkylation sites (tertiary alicyclic amines) is 1. The van der Waals surface area contributed by atoms with Crippen LogP contribution in [0.25, 0.3) is 0 Å². The number of carbonyl (C=O) groups excluding carboxylic acids is 1.